The highest BCUT2D eigenvalue weighted by molar-refractivity contribution is 9.09. The van der Waals surface area contributed by atoms with Crippen LogP contribution >= 0.6 is 15.9 Å². The highest BCUT2D eigenvalue weighted by Gasteiger charge is 2.08. The standard InChI is InChI=1S/C15H15BrO/c1-17-14-9-5-8-13(11-14)15(16)10-12-6-3-2-4-7-12/h2-9,11,15H,10H2,1H3. The second-order valence-electron chi connectivity index (χ2n) is 3.93. The minimum Gasteiger partial charge on any atom is -0.497 e. The third kappa shape index (κ3) is 3.34. The first kappa shape index (κ1) is 12.2. The van der Waals surface area contributed by atoms with Crippen molar-refractivity contribution in [3.05, 3.63) is 65.7 Å². The summed E-state index contributed by atoms with van der Waals surface area (Å²) < 4.78 is 5.23. The Kier molecular flexibility index (Phi) is 4.21. The van der Waals surface area contributed by atoms with Gasteiger partial charge < -0.3 is 4.74 Å². The van der Waals surface area contributed by atoms with Crippen molar-refractivity contribution in [1.82, 2.24) is 0 Å². The smallest absolute Gasteiger partial charge is 0.119 e. The van der Waals surface area contributed by atoms with E-state index in [1.54, 1.807) is 7.11 Å². The molecular weight excluding hydrogens is 276 g/mol. The molecule has 0 heterocycles. The van der Waals surface area contributed by atoms with Gasteiger partial charge in [0.15, 0.2) is 0 Å². The van der Waals surface area contributed by atoms with Gasteiger partial charge in [0, 0.05) is 4.83 Å². The molecule has 0 aromatic heterocycles. The molecule has 0 bridgehead atoms. The average molecular weight is 291 g/mol. The third-order valence-electron chi connectivity index (χ3n) is 2.71. The molecule has 2 rings (SSSR count). The lowest BCUT2D eigenvalue weighted by atomic mass is 10.0. The number of hydrogen-bond donors (Lipinski definition) is 0. The fourth-order valence-corrected chi connectivity index (χ4v) is 2.43. The molecule has 2 heteroatoms. The van der Waals surface area contributed by atoms with Crippen LogP contribution in [0, 0.1) is 0 Å². The molecular formula is C15H15BrO. The molecule has 0 saturated heterocycles. The second-order valence-corrected chi connectivity index (χ2v) is 5.04. The van der Waals surface area contributed by atoms with Crippen LogP contribution in [0.25, 0.3) is 0 Å². The Hall–Kier alpha value is -1.28. The summed E-state index contributed by atoms with van der Waals surface area (Å²) in [4.78, 5) is 0.319. The van der Waals surface area contributed by atoms with Crippen LogP contribution in [0.2, 0.25) is 0 Å². The Morgan fingerprint density at radius 2 is 1.82 bits per heavy atom. The summed E-state index contributed by atoms with van der Waals surface area (Å²) in [7, 11) is 1.69. The lowest BCUT2D eigenvalue weighted by Crippen LogP contribution is -1.95. The molecule has 0 spiro atoms. The predicted molar refractivity (Wildman–Crippen MR) is 74.8 cm³/mol. The third-order valence-corrected chi connectivity index (χ3v) is 3.57. The molecule has 0 N–H and O–H groups in total. The average Bonchev–Trinajstić information content (AvgIpc) is 2.40. The summed E-state index contributed by atoms with van der Waals surface area (Å²) >= 11 is 3.73. The van der Waals surface area contributed by atoms with E-state index in [9.17, 15) is 0 Å². The van der Waals surface area contributed by atoms with E-state index in [-0.39, 0.29) is 0 Å². The van der Waals surface area contributed by atoms with Gasteiger partial charge in [-0.05, 0) is 29.7 Å². The lowest BCUT2D eigenvalue weighted by molar-refractivity contribution is 0.414. The van der Waals surface area contributed by atoms with Crippen molar-refractivity contribution in [3.8, 4) is 5.75 Å². The highest BCUT2D eigenvalue weighted by atomic mass is 79.9. The zero-order valence-corrected chi connectivity index (χ0v) is 11.4. The number of methoxy groups -OCH3 is 1. The molecule has 0 radical (unpaired) electrons. The molecule has 2 aromatic rings. The zero-order chi connectivity index (χ0) is 12.1. The number of ether oxygens (including phenoxy) is 1. The summed E-state index contributed by atoms with van der Waals surface area (Å²) in [6.45, 7) is 0. The van der Waals surface area contributed by atoms with Crippen LogP contribution in [-0.4, -0.2) is 7.11 Å². The summed E-state index contributed by atoms with van der Waals surface area (Å²) in [6.07, 6.45) is 0.980. The molecule has 0 aliphatic rings. The summed E-state index contributed by atoms with van der Waals surface area (Å²) in [5, 5.41) is 0. The largest absolute Gasteiger partial charge is 0.497 e. The Morgan fingerprint density at radius 1 is 1.06 bits per heavy atom. The van der Waals surface area contributed by atoms with E-state index >= 15 is 0 Å². The van der Waals surface area contributed by atoms with Crippen LogP contribution in [0.15, 0.2) is 54.6 Å². The zero-order valence-electron chi connectivity index (χ0n) is 9.77. The predicted octanol–water partition coefficient (Wildman–Crippen LogP) is 4.37. The van der Waals surface area contributed by atoms with Crippen molar-refractivity contribution in [2.75, 3.05) is 7.11 Å². The van der Waals surface area contributed by atoms with E-state index in [0.717, 1.165) is 12.2 Å². The van der Waals surface area contributed by atoms with Gasteiger partial charge in [0.05, 0.1) is 7.11 Å². The lowest BCUT2D eigenvalue weighted by Gasteiger charge is -2.11. The van der Waals surface area contributed by atoms with Gasteiger partial charge in [0.2, 0.25) is 0 Å². The Bertz CT molecular complexity index is 467. The summed E-state index contributed by atoms with van der Waals surface area (Å²) in [5.74, 6) is 0.903. The van der Waals surface area contributed by atoms with Crippen molar-refractivity contribution in [2.24, 2.45) is 0 Å². The second kappa shape index (κ2) is 5.87. The van der Waals surface area contributed by atoms with Gasteiger partial charge in [0.1, 0.15) is 5.75 Å². The molecule has 17 heavy (non-hydrogen) atoms. The fraction of sp³-hybridized carbons (Fsp3) is 0.200. The van der Waals surface area contributed by atoms with Gasteiger partial charge >= 0.3 is 0 Å². The van der Waals surface area contributed by atoms with E-state index in [4.69, 9.17) is 4.74 Å². The first-order valence-corrected chi connectivity index (χ1v) is 6.53. The number of benzene rings is 2. The molecule has 0 saturated carbocycles. The van der Waals surface area contributed by atoms with Gasteiger partial charge in [-0.15, -0.1) is 0 Å². The van der Waals surface area contributed by atoms with E-state index in [1.807, 2.05) is 18.2 Å². The molecule has 0 aliphatic carbocycles. The minimum absolute atomic E-state index is 0.319. The maximum Gasteiger partial charge on any atom is 0.119 e. The normalized spacial score (nSPS) is 12.1. The van der Waals surface area contributed by atoms with Crippen LogP contribution in [0.3, 0.4) is 0 Å². The maximum atomic E-state index is 5.23. The van der Waals surface area contributed by atoms with E-state index < -0.39 is 0 Å². The molecule has 0 fully saturated rings. The van der Waals surface area contributed by atoms with Crippen LogP contribution in [-0.2, 0) is 6.42 Å². The Labute approximate surface area is 111 Å². The van der Waals surface area contributed by atoms with Crippen LogP contribution in [0.1, 0.15) is 16.0 Å². The number of halogens is 1. The molecule has 1 unspecified atom stereocenters. The van der Waals surface area contributed by atoms with Gasteiger partial charge in [-0.2, -0.15) is 0 Å². The van der Waals surface area contributed by atoms with Gasteiger partial charge in [-0.3, -0.25) is 0 Å². The first-order valence-electron chi connectivity index (χ1n) is 5.61. The number of hydrogen-bond acceptors (Lipinski definition) is 1. The SMILES string of the molecule is COc1cccc(C(Br)Cc2ccccc2)c1. The molecule has 88 valence electrons. The molecule has 2 aromatic carbocycles. The minimum atomic E-state index is 0.319. The first-order chi connectivity index (χ1) is 8.29. The van der Waals surface area contributed by atoms with Crippen molar-refractivity contribution in [2.45, 2.75) is 11.2 Å². The monoisotopic (exact) mass is 290 g/mol. The molecule has 0 aliphatic heterocycles. The van der Waals surface area contributed by atoms with E-state index in [1.165, 1.54) is 11.1 Å². The van der Waals surface area contributed by atoms with Crippen molar-refractivity contribution in [3.63, 3.8) is 0 Å². The van der Waals surface area contributed by atoms with Gasteiger partial charge in [0.25, 0.3) is 0 Å². The van der Waals surface area contributed by atoms with Gasteiger partial charge in [-0.25, -0.2) is 0 Å². The summed E-state index contributed by atoms with van der Waals surface area (Å²) in [5.41, 5.74) is 2.57. The quantitative estimate of drug-likeness (QED) is 0.760. The van der Waals surface area contributed by atoms with Crippen molar-refractivity contribution >= 4 is 15.9 Å². The number of alkyl halides is 1. The number of rotatable bonds is 4. The van der Waals surface area contributed by atoms with Gasteiger partial charge in [-0.1, -0.05) is 58.4 Å². The Morgan fingerprint density at radius 3 is 2.53 bits per heavy atom. The van der Waals surface area contributed by atoms with E-state index in [2.05, 4.69) is 52.3 Å². The molecule has 0 amide bonds. The van der Waals surface area contributed by atoms with Crippen LogP contribution < -0.4 is 4.74 Å². The summed E-state index contributed by atoms with van der Waals surface area (Å²) in [6, 6.07) is 18.6. The van der Waals surface area contributed by atoms with E-state index in [0.29, 0.717) is 4.83 Å². The topological polar surface area (TPSA) is 9.23 Å². The van der Waals surface area contributed by atoms with Crippen LogP contribution in [0.5, 0.6) is 5.75 Å². The maximum absolute atomic E-state index is 5.23. The molecule has 1 atom stereocenters. The Balaban J connectivity index is 2.11. The van der Waals surface area contributed by atoms with Crippen LogP contribution in [0.4, 0.5) is 0 Å². The molecule has 1 nitrogen and oxygen atoms in total. The fourth-order valence-electron chi connectivity index (χ4n) is 1.78. The van der Waals surface area contributed by atoms with Crippen molar-refractivity contribution in [1.29, 1.82) is 0 Å². The van der Waals surface area contributed by atoms with Crippen molar-refractivity contribution < 1.29 is 4.74 Å². The highest BCUT2D eigenvalue weighted by Crippen LogP contribution is 2.29.